The monoisotopic (exact) mass is 246 g/mol. The van der Waals surface area contributed by atoms with Crippen LogP contribution in [0, 0.1) is 11.3 Å². The molecule has 1 amide bonds. The van der Waals surface area contributed by atoms with Gasteiger partial charge < -0.3 is 15.0 Å². The van der Waals surface area contributed by atoms with Crippen LogP contribution in [0.5, 0.6) is 0 Å². The topological polar surface area (TPSA) is 78.2 Å². The van der Waals surface area contributed by atoms with Gasteiger partial charge in [-0.2, -0.15) is 5.26 Å². The number of ether oxygens (including phenoxy) is 1. The molecule has 2 rings (SSSR count). The zero-order valence-electron chi connectivity index (χ0n) is 10.1. The summed E-state index contributed by atoms with van der Waals surface area (Å²) >= 11 is 0. The summed E-state index contributed by atoms with van der Waals surface area (Å²) in [6.07, 6.45) is 3.16. The van der Waals surface area contributed by atoms with Crippen molar-refractivity contribution in [2.75, 3.05) is 30.4 Å². The Bertz CT molecular complexity index is 483. The molecule has 1 saturated heterocycles. The quantitative estimate of drug-likeness (QED) is 0.793. The molecular weight excluding hydrogens is 232 g/mol. The number of rotatable bonds is 4. The molecule has 0 radical (unpaired) electrons. The Hall–Kier alpha value is -2.13. The molecule has 1 aromatic heterocycles. The lowest BCUT2D eigenvalue weighted by Gasteiger charge is -2.20. The van der Waals surface area contributed by atoms with Crippen molar-refractivity contribution >= 4 is 17.9 Å². The van der Waals surface area contributed by atoms with Crippen molar-refractivity contribution in [2.24, 2.45) is 0 Å². The van der Waals surface area contributed by atoms with E-state index < -0.39 is 0 Å². The number of nitrogens with zero attached hydrogens (tertiary/aromatic N) is 3. The summed E-state index contributed by atoms with van der Waals surface area (Å²) in [5.41, 5.74) is 1.29. The molecule has 0 bridgehead atoms. The Morgan fingerprint density at radius 2 is 2.56 bits per heavy atom. The maximum atomic E-state index is 10.4. The van der Waals surface area contributed by atoms with Gasteiger partial charge in [-0.1, -0.05) is 0 Å². The molecule has 0 saturated carbocycles. The Labute approximate surface area is 105 Å². The molecule has 1 unspecified atom stereocenters. The zero-order chi connectivity index (χ0) is 13.0. The number of carbonyl (C=O) groups excluding carboxylic acids is 1. The van der Waals surface area contributed by atoms with Gasteiger partial charge in [-0.3, -0.25) is 4.79 Å². The zero-order valence-corrected chi connectivity index (χ0v) is 10.1. The molecule has 6 heteroatoms. The normalized spacial score (nSPS) is 18.4. The first-order valence-corrected chi connectivity index (χ1v) is 5.66. The van der Waals surface area contributed by atoms with Crippen molar-refractivity contribution in [3.63, 3.8) is 0 Å². The third-order valence-corrected chi connectivity index (χ3v) is 3.03. The molecule has 6 nitrogen and oxygen atoms in total. The average molecular weight is 246 g/mol. The number of nitriles is 1. The van der Waals surface area contributed by atoms with Crippen LogP contribution in [0.4, 0.5) is 11.5 Å². The Morgan fingerprint density at radius 1 is 1.72 bits per heavy atom. The summed E-state index contributed by atoms with van der Waals surface area (Å²) in [5, 5.41) is 11.6. The number of aromatic nitrogens is 1. The van der Waals surface area contributed by atoms with Gasteiger partial charge in [0.25, 0.3) is 0 Å². The van der Waals surface area contributed by atoms with E-state index in [1.54, 1.807) is 13.2 Å². The van der Waals surface area contributed by atoms with E-state index in [1.165, 1.54) is 6.20 Å². The van der Waals surface area contributed by atoms with Crippen LogP contribution < -0.4 is 10.2 Å². The van der Waals surface area contributed by atoms with Gasteiger partial charge in [0.05, 0.1) is 17.4 Å². The number of nitrogens with one attached hydrogen (secondary N) is 1. The van der Waals surface area contributed by atoms with E-state index >= 15 is 0 Å². The molecule has 94 valence electrons. The summed E-state index contributed by atoms with van der Waals surface area (Å²) < 4.78 is 5.30. The van der Waals surface area contributed by atoms with Crippen molar-refractivity contribution in [3.8, 4) is 6.07 Å². The largest absolute Gasteiger partial charge is 0.380 e. The number of hydrogen-bond donors (Lipinski definition) is 1. The van der Waals surface area contributed by atoms with Crippen molar-refractivity contribution in [3.05, 3.63) is 17.8 Å². The minimum atomic E-state index is 0.187. The molecule has 1 atom stereocenters. The molecule has 18 heavy (non-hydrogen) atoms. The van der Waals surface area contributed by atoms with Gasteiger partial charge >= 0.3 is 0 Å². The van der Waals surface area contributed by atoms with Crippen LogP contribution in [-0.4, -0.2) is 37.7 Å². The number of methoxy groups -OCH3 is 1. The molecule has 1 N–H and O–H groups in total. The molecule has 1 aliphatic rings. The van der Waals surface area contributed by atoms with Crippen molar-refractivity contribution in [1.29, 1.82) is 5.26 Å². The fourth-order valence-corrected chi connectivity index (χ4v) is 2.07. The van der Waals surface area contributed by atoms with E-state index in [4.69, 9.17) is 10.00 Å². The number of amides is 1. The number of pyridine rings is 1. The van der Waals surface area contributed by atoms with Gasteiger partial charge in [0.1, 0.15) is 11.9 Å². The van der Waals surface area contributed by atoms with Gasteiger partial charge in [-0.25, -0.2) is 4.98 Å². The number of hydrogen-bond acceptors (Lipinski definition) is 5. The first-order chi connectivity index (χ1) is 8.78. The first kappa shape index (κ1) is 12.3. The first-order valence-electron chi connectivity index (χ1n) is 5.66. The summed E-state index contributed by atoms with van der Waals surface area (Å²) in [6.45, 7) is 1.58. The lowest BCUT2D eigenvalue weighted by atomic mass is 10.2. The number of anilines is 2. The highest BCUT2D eigenvalue weighted by Crippen LogP contribution is 2.26. The molecule has 0 aliphatic carbocycles. The van der Waals surface area contributed by atoms with E-state index in [0.29, 0.717) is 17.8 Å². The fraction of sp³-hybridized carbons (Fsp3) is 0.417. The van der Waals surface area contributed by atoms with Crippen LogP contribution in [0.1, 0.15) is 12.0 Å². The van der Waals surface area contributed by atoms with Crippen LogP contribution >= 0.6 is 0 Å². The second-order valence-electron chi connectivity index (χ2n) is 4.05. The second kappa shape index (κ2) is 5.47. The van der Waals surface area contributed by atoms with Crippen molar-refractivity contribution in [2.45, 2.75) is 12.5 Å². The van der Waals surface area contributed by atoms with Crippen molar-refractivity contribution in [1.82, 2.24) is 4.98 Å². The maximum Gasteiger partial charge on any atom is 0.212 e. The molecular formula is C12H14N4O2. The third kappa shape index (κ3) is 2.41. The third-order valence-electron chi connectivity index (χ3n) is 3.03. The summed E-state index contributed by atoms with van der Waals surface area (Å²) in [4.78, 5) is 16.5. The standard InChI is InChI=1S/C12H14N4O2/c1-18-10-2-3-16(7-10)11-4-12(15-8-17)14-6-9(11)5-13/h4,6,8,10H,2-3,7H2,1H3,(H,14,15,17). The Kier molecular flexibility index (Phi) is 3.75. The highest BCUT2D eigenvalue weighted by atomic mass is 16.5. The molecule has 0 spiro atoms. The Balaban J connectivity index is 2.27. The highest BCUT2D eigenvalue weighted by molar-refractivity contribution is 5.73. The Morgan fingerprint density at radius 3 is 3.17 bits per heavy atom. The van der Waals surface area contributed by atoms with E-state index in [1.807, 2.05) is 0 Å². The minimum Gasteiger partial charge on any atom is -0.380 e. The van der Waals surface area contributed by atoms with Crippen LogP contribution in [0.3, 0.4) is 0 Å². The SMILES string of the molecule is COC1CCN(c2cc(NC=O)ncc2C#N)C1. The molecule has 1 aliphatic heterocycles. The maximum absolute atomic E-state index is 10.4. The lowest BCUT2D eigenvalue weighted by molar-refractivity contribution is -0.105. The van der Waals surface area contributed by atoms with Gasteiger partial charge in [-0.05, 0) is 6.42 Å². The summed E-state index contributed by atoms with van der Waals surface area (Å²) in [7, 11) is 1.69. The van der Waals surface area contributed by atoms with Crippen molar-refractivity contribution < 1.29 is 9.53 Å². The molecule has 1 fully saturated rings. The summed E-state index contributed by atoms with van der Waals surface area (Å²) in [5.74, 6) is 0.444. The fourth-order valence-electron chi connectivity index (χ4n) is 2.07. The predicted molar refractivity (Wildman–Crippen MR) is 66.3 cm³/mol. The second-order valence-corrected chi connectivity index (χ2v) is 4.05. The van der Waals surface area contributed by atoms with Gasteiger partial charge in [0.2, 0.25) is 6.41 Å². The summed E-state index contributed by atoms with van der Waals surface area (Å²) in [6, 6.07) is 3.83. The van der Waals surface area contributed by atoms with Crippen LogP contribution in [-0.2, 0) is 9.53 Å². The predicted octanol–water partition coefficient (Wildman–Crippen LogP) is 0.747. The highest BCUT2D eigenvalue weighted by Gasteiger charge is 2.24. The van der Waals surface area contributed by atoms with Gasteiger partial charge in [0, 0.05) is 32.5 Å². The minimum absolute atomic E-state index is 0.187. The van der Waals surface area contributed by atoms with E-state index in [-0.39, 0.29) is 6.10 Å². The van der Waals surface area contributed by atoms with E-state index in [2.05, 4.69) is 21.3 Å². The molecule has 2 heterocycles. The van der Waals surface area contributed by atoms with Crippen LogP contribution in [0.2, 0.25) is 0 Å². The lowest BCUT2D eigenvalue weighted by Crippen LogP contribution is -2.23. The van der Waals surface area contributed by atoms with Gasteiger partial charge in [-0.15, -0.1) is 0 Å². The van der Waals surface area contributed by atoms with Crippen LogP contribution in [0.25, 0.3) is 0 Å². The average Bonchev–Trinajstić information content (AvgIpc) is 2.87. The van der Waals surface area contributed by atoms with Gasteiger partial charge in [0.15, 0.2) is 0 Å². The molecule has 1 aromatic rings. The number of carbonyl (C=O) groups is 1. The smallest absolute Gasteiger partial charge is 0.212 e. The van der Waals surface area contributed by atoms with Crippen LogP contribution in [0.15, 0.2) is 12.3 Å². The van der Waals surface area contributed by atoms with E-state index in [9.17, 15) is 4.79 Å². The molecule has 0 aromatic carbocycles. The van der Waals surface area contributed by atoms with E-state index in [0.717, 1.165) is 25.2 Å².